The minimum absolute atomic E-state index is 0.350. The van der Waals surface area contributed by atoms with Crippen molar-refractivity contribution in [2.75, 3.05) is 19.0 Å². The van der Waals surface area contributed by atoms with Crippen LogP contribution in [0, 0.1) is 5.92 Å². The first-order valence-electron chi connectivity index (χ1n) is 5.10. The number of hydrogen-bond donors (Lipinski definition) is 1. The van der Waals surface area contributed by atoms with Crippen LogP contribution in [0.25, 0.3) is 0 Å². The fourth-order valence-electron chi connectivity index (χ4n) is 1.48. The van der Waals surface area contributed by atoms with Crippen molar-refractivity contribution in [3.05, 3.63) is 28.2 Å². The number of nitrogens with zero attached hydrogens (tertiary/aromatic N) is 1. The molecule has 1 aromatic rings. The Kier molecular flexibility index (Phi) is 4.35. The highest BCUT2D eigenvalue weighted by molar-refractivity contribution is 9.10. The van der Waals surface area contributed by atoms with Crippen molar-refractivity contribution in [1.82, 2.24) is 0 Å². The maximum atomic E-state index is 10.7. The molecule has 0 heterocycles. The molecule has 0 saturated carbocycles. The van der Waals surface area contributed by atoms with Crippen LogP contribution >= 0.6 is 15.9 Å². The van der Waals surface area contributed by atoms with Crippen molar-refractivity contribution in [2.24, 2.45) is 5.92 Å². The van der Waals surface area contributed by atoms with Gasteiger partial charge in [-0.15, -0.1) is 0 Å². The molecular weight excluding hydrogens is 270 g/mol. The maximum absolute atomic E-state index is 10.7. The molecule has 0 fully saturated rings. The van der Waals surface area contributed by atoms with Gasteiger partial charge < -0.3 is 10.0 Å². The molecule has 4 heteroatoms. The molecule has 1 aromatic carbocycles. The van der Waals surface area contributed by atoms with Crippen LogP contribution in [0.15, 0.2) is 22.7 Å². The van der Waals surface area contributed by atoms with Crippen molar-refractivity contribution in [3.8, 4) is 0 Å². The van der Waals surface area contributed by atoms with E-state index in [1.807, 2.05) is 37.2 Å². The van der Waals surface area contributed by atoms with E-state index in [9.17, 15) is 4.79 Å². The van der Waals surface area contributed by atoms with Gasteiger partial charge in [-0.05, 0) is 40.0 Å². The lowest BCUT2D eigenvalue weighted by Crippen LogP contribution is -2.13. The standard InChI is InChI=1S/C12H16BrNO2/c1-8(12(15)16)6-9-4-5-11(14(2)3)10(13)7-9/h4-5,7-8H,6H2,1-3H3,(H,15,16). The highest BCUT2D eigenvalue weighted by Gasteiger charge is 2.12. The number of carboxylic acids is 1. The molecule has 1 N–H and O–H groups in total. The average Bonchev–Trinajstić information content (AvgIpc) is 2.16. The van der Waals surface area contributed by atoms with Crippen LogP contribution < -0.4 is 4.90 Å². The second kappa shape index (κ2) is 5.34. The monoisotopic (exact) mass is 285 g/mol. The Morgan fingerprint density at radius 3 is 2.56 bits per heavy atom. The summed E-state index contributed by atoms with van der Waals surface area (Å²) in [7, 11) is 3.94. The van der Waals surface area contributed by atoms with Gasteiger partial charge in [0.25, 0.3) is 0 Å². The first kappa shape index (κ1) is 13.0. The zero-order chi connectivity index (χ0) is 12.3. The second-order valence-electron chi connectivity index (χ2n) is 4.12. The van der Waals surface area contributed by atoms with Crippen LogP contribution in [-0.4, -0.2) is 25.2 Å². The number of carbonyl (C=O) groups is 1. The van der Waals surface area contributed by atoms with Crippen LogP contribution in [0.3, 0.4) is 0 Å². The van der Waals surface area contributed by atoms with Crippen LogP contribution in [-0.2, 0) is 11.2 Å². The molecule has 0 bridgehead atoms. The smallest absolute Gasteiger partial charge is 0.306 e. The molecule has 1 unspecified atom stereocenters. The van der Waals surface area contributed by atoms with E-state index in [4.69, 9.17) is 5.11 Å². The van der Waals surface area contributed by atoms with Crippen LogP contribution in [0.2, 0.25) is 0 Å². The molecule has 0 spiro atoms. The molecule has 0 aromatic heterocycles. The van der Waals surface area contributed by atoms with Crippen LogP contribution in [0.5, 0.6) is 0 Å². The Labute approximate surface area is 104 Å². The Morgan fingerprint density at radius 1 is 1.50 bits per heavy atom. The lowest BCUT2D eigenvalue weighted by Gasteiger charge is -2.16. The first-order chi connectivity index (χ1) is 7.41. The lowest BCUT2D eigenvalue weighted by atomic mass is 10.0. The zero-order valence-corrected chi connectivity index (χ0v) is 11.3. The van der Waals surface area contributed by atoms with E-state index < -0.39 is 5.97 Å². The lowest BCUT2D eigenvalue weighted by molar-refractivity contribution is -0.141. The Balaban J connectivity index is 2.85. The van der Waals surface area contributed by atoms with Crippen LogP contribution in [0.4, 0.5) is 5.69 Å². The van der Waals surface area contributed by atoms with Crippen molar-refractivity contribution in [1.29, 1.82) is 0 Å². The van der Waals surface area contributed by atoms with Gasteiger partial charge in [0.1, 0.15) is 0 Å². The van der Waals surface area contributed by atoms with E-state index in [-0.39, 0.29) is 5.92 Å². The minimum Gasteiger partial charge on any atom is -0.481 e. The maximum Gasteiger partial charge on any atom is 0.306 e. The van der Waals surface area contributed by atoms with Crippen molar-refractivity contribution >= 4 is 27.6 Å². The summed E-state index contributed by atoms with van der Waals surface area (Å²) in [5, 5.41) is 8.84. The third-order valence-corrected chi connectivity index (χ3v) is 3.09. The summed E-state index contributed by atoms with van der Waals surface area (Å²) in [5.74, 6) is -1.11. The van der Waals surface area contributed by atoms with E-state index >= 15 is 0 Å². The fraction of sp³-hybridized carbons (Fsp3) is 0.417. The topological polar surface area (TPSA) is 40.5 Å². The molecule has 0 amide bonds. The molecule has 0 saturated heterocycles. The van der Waals surface area contributed by atoms with Gasteiger partial charge in [0, 0.05) is 18.6 Å². The normalized spacial score (nSPS) is 12.2. The molecule has 0 radical (unpaired) electrons. The quantitative estimate of drug-likeness (QED) is 0.925. The molecule has 0 aliphatic carbocycles. The summed E-state index contributed by atoms with van der Waals surface area (Å²) in [4.78, 5) is 12.8. The molecule has 3 nitrogen and oxygen atoms in total. The number of hydrogen-bond acceptors (Lipinski definition) is 2. The molecule has 0 aliphatic heterocycles. The van der Waals surface area contributed by atoms with Gasteiger partial charge >= 0.3 is 5.97 Å². The van der Waals surface area contributed by atoms with Crippen LogP contribution in [0.1, 0.15) is 12.5 Å². The second-order valence-corrected chi connectivity index (χ2v) is 4.98. The van der Waals surface area contributed by atoms with Crippen molar-refractivity contribution in [2.45, 2.75) is 13.3 Å². The molecular formula is C12H16BrNO2. The van der Waals surface area contributed by atoms with E-state index in [1.165, 1.54) is 0 Å². The van der Waals surface area contributed by atoms with Crippen molar-refractivity contribution < 1.29 is 9.90 Å². The van der Waals surface area contributed by atoms with Gasteiger partial charge in [0.15, 0.2) is 0 Å². The summed E-state index contributed by atoms with van der Waals surface area (Å²) in [6, 6.07) is 5.95. The summed E-state index contributed by atoms with van der Waals surface area (Å²) in [6.45, 7) is 1.72. The highest BCUT2D eigenvalue weighted by atomic mass is 79.9. The largest absolute Gasteiger partial charge is 0.481 e. The number of halogens is 1. The highest BCUT2D eigenvalue weighted by Crippen LogP contribution is 2.26. The Bertz CT molecular complexity index is 391. The minimum atomic E-state index is -0.757. The SMILES string of the molecule is CC(Cc1ccc(N(C)C)c(Br)c1)C(=O)O. The van der Waals surface area contributed by atoms with Gasteiger partial charge in [0.2, 0.25) is 0 Å². The van der Waals surface area contributed by atoms with Crippen molar-refractivity contribution in [3.63, 3.8) is 0 Å². The average molecular weight is 286 g/mol. The molecule has 88 valence electrons. The third-order valence-electron chi connectivity index (χ3n) is 2.46. The number of carboxylic acid groups (broad SMARTS) is 1. The number of anilines is 1. The zero-order valence-electron chi connectivity index (χ0n) is 9.70. The molecule has 1 atom stereocenters. The van der Waals surface area contributed by atoms with E-state index in [0.29, 0.717) is 6.42 Å². The molecule has 16 heavy (non-hydrogen) atoms. The predicted molar refractivity (Wildman–Crippen MR) is 69.0 cm³/mol. The molecule has 1 rings (SSSR count). The van der Waals surface area contributed by atoms with E-state index in [0.717, 1.165) is 15.7 Å². The summed E-state index contributed by atoms with van der Waals surface area (Å²) in [6.07, 6.45) is 0.557. The van der Waals surface area contributed by atoms with E-state index in [1.54, 1.807) is 6.92 Å². The van der Waals surface area contributed by atoms with Gasteiger partial charge in [-0.25, -0.2) is 0 Å². The third kappa shape index (κ3) is 3.23. The molecule has 0 aliphatic rings. The first-order valence-corrected chi connectivity index (χ1v) is 5.89. The predicted octanol–water partition coefficient (Wildman–Crippen LogP) is 2.78. The van der Waals surface area contributed by atoms with Gasteiger partial charge in [-0.1, -0.05) is 13.0 Å². The summed E-state index contributed by atoms with van der Waals surface area (Å²) < 4.78 is 0.993. The summed E-state index contributed by atoms with van der Waals surface area (Å²) >= 11 is 3.49. The van der Waals surface area contributed by atoms with Gasteiger partial charge in [0.05, 0.1) is 11.6 Å². The number of benzene rings is 1. The fourth-order valence-corrected chi connectivity index (χ4v) is 2.26. The number of aliphatic carboxylic acids is 1. The Morgan fingerprint density at radius 2 is 2.12 bits per heavy atom. The summed E-state index contributed by atoms with van der Waals surface area (Å²) in [5.41, 5.74) is 2.12. The van der Waals surface area contributed by atoms with E-state index in [2.05, 4.69) is 15.9 Å². The Hall–Kier alpha value is -1.03. The van der Waals surface area contributed by atoms with Gasteiger partial charge in [-0.3, -0.25) is 4.79 Å². The van der Waals surface area contributed by atoms with Gasteiger partial charge in [-0.2, -0.15) is 0 Å². The number of rotatable bonds is 4.